The van der Waals surface area contributed by atoms with Crippen molar-refractivity contribution in [2.24, 2.45) is 0 Å². The Labute approximate surface area is 111 Å². The monoisotopic (exact) mass is 280 g/mol. The molecule has 3 rings (SSSR count). The summed E-state index contributed by atoms with van der Waals surface area (Å²) in [5.41, 5.74) is 0.601. The third-order valence-electron chi connectivity index (χ3n) is 3.44. The molecule has 19 heavy (non-hydrogen) atoms. The summed E-state index contributed by atoms with van der Waals surface area (Å²) < 4.78 is 27.0. The highest BCUT2D eigenvalue weighted by molar-refractivity contribution is 7.89. The molecule has 0 spiro atoms. The Morgan fingerprint density at radius 1 is 1.47 bits per heavy atom. The molecule has 0 bridgehead atoms. The fourth-order valence-corrected chi connectivity index (χ4v) is 4.23. The lowest BCUT2D eigenvalue weighted by Crippen LogP contribution is -2.52. The number of nitrogens with zero attached hydrogens (tertiary/aromatic N) is 2. The van der Waals surface area contributed by atoms with Gasteiger partial charge in [0, 0.05) is 43.5 Å². The van der Waals surface area contributed by atoms with Gasteiger partial charge in [0.2, 0.25) is 10.0 Å². The molecule has 1 fully saturated rings. The molecule has 2 aromatic heterocycles. The summed E-state index contributed by atoms with van der Waals surface area (Å²) in [6, 6.07) is 3.48. The molecule has 0 unspecified atom stereocenters. The van der Waals surface area contributed by atoms with Gasteiger partial charge >= 0.3 is 0 Å². The van der Waals surface area contributed by atoms with E-state index in [0.717, 1.165) is 0 Å². The second kappa shape index (κ2) is 4.59. The number of sulfonamides is 1. The summed E-state index contributed by atoms with van der Waals surface area (Å²) in [6.45, 7) is 3.78. The largest absolute Gasteiger partial charge is 0.345 e. The summed E-state index contributed by atoms with van der Waals surface area (Å²) in [6.07, 6.45) is 3.17. The van der Waals surface area contributed by atoms with Crippen molar-refractivity contribution in [2.75, 3.05) is 19.6 Å². The van der Waals surface area contributed by atoms with Crippen LogP contribution in [0.3, 0.4) is 0 Å². The molecular formula is C12H16N4O2S. The van der Waals surface area contributed by atoms with Gasteiger partial charge in [-0.2, -0.15) is 4.31 Å². The summed E-state index contributed by atoms with van der Waals surface area (Å²) in [5, 5.41) is 3.84. The molecule has 0 saturated carbocycles. The minimum Gasteiger partial charge on any atom is -0.345 e. The third kappa shape index (κ3) is 2.03. The van der Waals surface area contributed by atoms with E-state index in [-0.39, 0.29) is 6.04 Å². The third-order valence-corrected chi connectivity index (χ3v) is 5.49. The van der Waals surface area contributed by atoms with E-state index >= 15 is 0 Å². The molecule has 0 radical (unpaired) electrons. The number of hydrogen-bond acceptors (Lipinski definition) is 4. The molecule has 0 aromatic carbocycles. The van der Waals surface area contributed by atoms with Gasteiger partial charge in [0.05, 0.1) is 0 Å². The van der Waals surface area contributed by atoms with Crippen molar-refractivity contribution in [3.8, 4) is 0 Å². The first kappa shape index (κ1) is 12.6. The quantitative estimate of drug-likeness (QED) is 0.842. The molecule has 1 saturated heterocycles. The van der Waals surface area contributed by atoms with Crippen LogP contribution in [0.25, 0.3) is 11.0 Å². The molecule has 2 N–H and O–H groups in total. The van der Waals surface area contributed by atoms with E-state index in [2.05, 4.69) is 15.3 Å². The molecule has 1 atom stereocenters. The summed E-state index contributed by atoms with van der Waals surface area (Å²) in [5.74, 6) is 0. The van der Waals surface area contributed by atoms with Crippen LogP contribution in [0.2, 0.25) is 0 Å². The number of hydrogen-bond donors (Lipinski definition) is 2. The van der Waals surface area contributed by atoms with Gasteiger partial charge in [-0.25, -0.2) is 13.4 Å². The van der Waals surface area contributed by atoms with Crippen LogP contribution < -0.4 is 5.32 Å². The Balaban J connectivity index is 2.09. The summed E-state index contributed by atoms with van der Waals surface area (Å²) in [4.78, 5) is 7.35. The first-order chi connectivity index (χ1) is 9.10. The van der Waals surface area contributed by atoms with Gasteiger partial charge in [0.15, 0.2) is 0 Å². The maximum absolute atomic E-state index is 12.7. The molecule has 0 aliphatic carbocycles. The molecule has 1 aliphatic heterocycles. The van der Waals surface area contributed by atoms with Crippen molar-refractivity contribution in [3.63, 3.8) is 0 Å². The van der Waals surface area contributed by atoms with Crippen LogP contribution in [0, 0.1) is 0 Å². The Kier molecular flexibility index (Phi) is 3.04. The van der Waals surface area contributed by atoms with Crippen LogP contribution >= 0.6 is 0 Å². The second-order valence-electron chi connectivity index (χ2n) is 4.72. The number of pyridine rings is 1. The minimum absolute atomic E-state index is 0.0413. The van der Waals surface area contributed by atoms with Crippen molar-refractivity contribution in [2.45, 2.75) is 17.9 Å². The molecule has 7 heteroatoms. The average Bonchev–Trinajstić information content (AvgIpc) is 2.83. The van der Waals surface area contributed by atoms with Gasteiger partial charge in [-0.15, -0.1) is 0 Å². The van der Waals surface area contributed by atoms with Crippen LogP contribution in [0.4, 0.5) is 0 Å². The Hall–Kier alpha value is -1.44. The molecule has 102 valence electrons. The summed E-state index contributed by atoms with van der Waals surface area (Å²) >= 11 is 0. The molecule has 2 aromatic rings. The Morgan fingerprint density at radius 3 is 3.11 bits per heavy atom. The van der Waals surface area contributed by atoms with Gasteiger partial charge in [-0.3, -0.25) is 0 Å². The van der Waals surface area contributed by atoms with Crippen molar-refractivity contribution in [3.05, 3.63) is 24.5 Å². The second-order valence-corrected chi connectivity index (χ2v) is 6.58. The predicted octanol–water partition coefficient (Wildman–Crippen LogP) is 0.545. The van der Waals surface area contributed by atoms with Gasteiger partial charge in [-0.1, -0.05) is 0 Å². The maximum Gasteiger partial charge on any atom is 0.245 e. The molecular weight excluding hydrogens is 264 g/mol. The maximum atomic E-state index is 12.7. The number of aromatic nitrogens is 2. The van der Waals surface area contributed by atoms with Crippen molar-refractivity contribution in [1.29, 1.82) is 0 Å². The highest BCUT2D eigenvalue weighted by Crippen LogP contribution is 2.25. The van der Waals surface area contributed by atoms with Crippen LogP contribution in [-0.2, 0) is 10.0 Å². The average molecular weight is 280 g/mol. The van der Waals surface area contributed by atoms with E-state index in [0.29, 0.717) is 35.6 Å². The van der Waals surface area contributed by atoms with Crippen LogP contribution in [0.1, 0.15) is 6.92 Å². The standard InChI is InChI=1S/C12H16N4O2S/c1-9-7-13-5-6-16(9)19(17,18)11-8-15-12-10(11)3-2-4-14-12/h2-4,8-9,13H,5-7H2,1H3,(H,14,15)/t9-/m1/s1. The first-order valence-corrected chi connectivity index (χ1v) is 7.69. The first-order valence-electron chi connectivity index (χ1n) is 6.25. The molecule has 3 heterocycles. The van der Waals surface area contributed by atoms with Crippen LogP contribution in [0.15, 0.2) is 29.4 Å². The van der Waals surface area contributed by atoms with E-state index in [1.807, 2.05) is 6.92 Å². The Bertz CT molecular complexity index is 695. The number of nitrogens with one attached hydrogen (secondary N) is 2. The zero-order valence-electron chi connectivity index (χ0n) is 10.6. The highest BCUT2D eigenvalue weighted by atomic mass is 32.2. The SMILES string of the molecule is C[C@@H]1CNCCN1S(=O)(=O)c1c[nH]c2ncccc12. The van der Waals surface area contributed by atoms with E-state index in [4.69, 9.17) is 0 Å². The van der Waals surface area contributed by atoms with E-state index in [9.17, 15) is 8.42 Å². The van der Waals surface area contributed by atoms with Gasteiger partial charge < -0.3 is 10.3 Å². The fraction of sp³-hybridized carbons (Fsp3) is 0.417. The lowest BCUT2D eigenvalue weighted by molar-refractivity contribution is 0.284. The van der Waals surface area contributed by atoms with Crippen molar-refractivity contribution < 1.29 is 8.42 Å². The normalized spacial score (nSPS) is 21.8. The number of H-pyrrole nitrogens is 1. The zero-order valence-corrected chi connectivity index (χ0v) is 11.4. The predicted molar refractivity (Wildman–Crippen MR) is 72.3 cm³/mol. The number of rotatable bonds is 2. The number of fused-ring (bicyclic) bond motifs is 1. The Morgan fingerprint density at radius 2 is 2.32 bits per heavy atom. The molecule has 6 nitrogen and oxygen atoms in total. The van der Waals surface area contributed by atoms with Crippen LogP contribution in [0.5, 0.6) is 0 Å². The van der Waals surface area contributed by atoms with Gasteiger partial charge in [0.25, 0.3) is 0 Å². The van der Waals surface area contributed by atoms with Crippen molar-refractivity contribution in [1.82, 2.24) is 19.6 Å². The summed E-state index contributed by atoms with van der Waals surface area (Å²) in [7, 11) is -3.47. The minimum atomic E-state index is -3.47. The molecule has 0 amide bonds. The molecule has 1 aliphatic rings. The highest BCUT2D eigenvalue weighted by Gasteiger charge is 2.32. The number of aromatic amines is 1. The van der Waals surface area contributed by atoms with Gasteiger partial charge in [0.1, 0.15) is 10.5 Å². The van der Waals surface area contributed by atoms with E-state index < -0.39 is 10.0 Å². The van der Waals surface area contributed by atoms with Gasteiger partial charge in [-0.05, 0) is 19.1 Å². The smallest absolute Gasteiger partial charge is 0.245 e. The van der Waals surface area contributed by atoms with Crippen molar-refractivity contribution >= 4 is 21.1 Å². The van der Waals surface area contributed by atoms with E-state index in [1.54, 1.807) is 22.6 Å². The zero-order chi connectivity index (χ0) is 13.5. The number of piperazine rings is 1. The lowest BCUT2D eigenvalue weighted by Gasteiger charge is -2.32. The fourth-order valence-electron chi connectivity index (χ4n) is 2.45. The topological polar surface area (TPSA) is 78.1 Å². The lowest BCUT2D eigenvalue weighted by atomic mass is 10.3. The van der Waals surface area contributed by atoms with E-state index in [1.165, 1.54) is 6.20 Å². The van der Waals surface area contributed by atoms with Crippen LogP contribution in [-0.4, -0.2) is 48.4 Å².